The largest absolute Gasteiger partial charge is 0.360 e. The SMILES string of the molecule is CNC(=O)c1c[nH]c2cc(C)cc(C)c12. The Kier molecular flexibility index (Phi) is 2.23. The lowest BCUT2D eigenvalue weighted by atomic mass is 10.0. The summed E-state index contributed by atoms with van der Waals surface area (Å²) in [5, 5.41) is 3.66. The molecule has 3 heteroatoms. The molecule has 1 aromatic heterocycles. The van der Waals surface area contributed by atoms with E-state index in [2.05, 4.69) is 22.4 Å². The monoisotopic (exact) mass is 202 g/mol. The van der Waals surface area contributed by atoms with Crippen molar-refractivity contribution in [1.29, 1.82) is 0 Å². The van der Waals surface area contributed by atoms with Crippen LogP contribution < -0.4 is 5.32 Å². The summed E-state index contributed by atoms with van der Waals surface area (Å²) in [6.45, 7) is 4.07. The number of carbonyl (C=O) groups is 1. The zero-order valence-corrected chi connectivity index (χ0v) is 9.14. The van der Waals surface area contributed by atoms with Crippen molar-refractivity contribution >= 4 is 16.8 Å². The highest BCUT2D eigenvalue weighted by Crippen LogP contribution is 2.23. The third-order valence-electron chi connectivity index (χ3n) is 2.59. The lowest BCUT2D eigenvalue weighted by Crippen LogP contribution is -2.17. The number of aromatic nitrogens is 1. The zero-order chi connectivity index (χ0) is 11.0. The predicted octanol–water partition coefficient (Wildman–Crippen LogP) is 2.14. The Morgan fingerprint density at radius 2 is 2.07 bits per heavy atom. The average Bonchev–Trinajstić information content (AvgIpc) is 2.60. The molecule has 2 N–H and O–H groups in total. The van der Waals surface area contributed by atoms with E-state index < -0.39 is 0 Å². The van der Waals surface area contributed by atoms with Crippen LogP contribution in [0.15, 0.2) is 18.3 Å². The number of rotatable bonds is 1. The summed E-state index contributed by atoms with van der Waals surface area (Å²) in [6.07, 6.45) is 1.76. The molecule has 15 heavy (non-hydrogen) atoms. The van der Waals surface area contributed by atoms with Crippen molar-refractivity contribution in [2.75, 3.05) is 7.05 Å². The zero-order valence-electron chi connectivity index (χ0n) is 9.14. The van der Waals surface area contributed by atoms with E-state index in [1.165, 1.54) is 5.56 Å². The van der Waals surface area contributed by atoms with Crippen LogP contribution in [0.25, 0.3) is 10.9 Å². The fraction of sp³-hybridized carbons (Fsp3) is 0.250. The van der Waals surface area contributed by atoms with Gasteiger partial charge < -0.3 is 10.3 Å². The second-order valence-corrected chi connectivity index (χ2v) is 3.79. The van der Waals surface area contributed by atoms with Crippen molar-refractivity contribution in [2.24, 2.45) is 0 Å². The van der Waals surface area contributed by atoms with Gasteiger partial charge in [-0.15, -0.1) is 0 Å². The third kappa shape index (κ3) is 1.50. The number of hydrogen-bond acceptors (Lipinski definition) is 1. The first-order chi connectivity index (χ1) is 7.13. The number of fused-ring (bicyclic) bond motifs is 1. The summed E-state index contributed by atoms with van der Waals surface area (Å²) < 4.78 is 0. The Morgan fingerprint density at radius 3 is 2.73 bits per heavy atom. The van der Waals surface area contributed by atoms with Gasteiger partial charge in [0.15, 0.2) is 0 Å². The van der Waals surface area contributed by atoms with Crippen molar-refractivity contribution in [3.8, 4) is 0 Å². The van der Waals surface area contributed by atoms with Crippen LogP contribution in [0.2, 0.25) is 0 Å². The van der Waals surface area contributed by atoms with Gasteiger partial charge >= 0.3 is 0 Å². The number of aromatic amines is 1. The number of carbonyl (C=O) groups excluding carboxylic acids is 1. The molecule has 3 nitrogen and oxygen atoms in total. The van der Waals surface area contributed by atoms with Crippen molar-refractivity contribution in [3.63, 3.8) is 0 Å². The minimum absolute atomic E-state index is 0.0480. The van der Waals surface area contributed by atoms with E-state index in [-0.39, 0.29) is 5.91 Å². The standard InChI is InChI=1S/C12H14N2O/c1-7-4-8(2)11-9(12(15)13-3)6-14-10(11)5-7/h4-6,14H,1-3H3,(H,13,15). The fourth-order valence-corrected chi connectivity index (χ4v) is 1.97. The number of aryl methyl sites for hydroxylation is 2. The first-order valence-corrected chi connectivity index (χ1v) is 4.94. The molecule has 1 aromatic carbocycles. The summed E-state index contributed by atoms with van der Waals surface area (Å²) in [4.78, 5) is 14.7. The Hall–Kier alpha value is -1.77. The van der Waals surface area contributed by atoms with E-state index in [0.717, 1.165) is 16.5 Å². The fourth-order valence-electron chi connectivity index (χ4n) is 1.97. The van der Waals surface area contributed by atoms with Gasteiger partial charge in [-0.05, 0) is 31.0 Å². The molecule has 1 amide bonds. The first kappa shape index (κ1) is 9.77. The van der Waals surface area contributed by atoms with Crippen LogP contribution in [0.3, 0.4) is 0 Å². The summed E-state index contributed by atoms with van der Waals surface area (Å²) in [6, 6.07) is 4.14. The summed E-state index contributed by atoms with van der Waals surface area (Å²) in [5.41, 5.74) is 4.06. The van der Waals surface area contributed by atoms with Crippen molar-refractivity contribution in [1.82, 2.24) is 10.3 Å². The summed E-state index contributed by atoms with van der Waals surface area (Å²) in [7, 11) is 1.64. The highest BCUT2D eigenvalue weighted by atomic mass is 16.1. The minimum atomic E-state index is -0.0480. The molecular weight excluding hydrogens is 188 g/mol. The Bertz CT molecular complexity index is 526. The molecule has 0 bridgehead atoms. The van der Waals surface area contributed by atoms with Gasteiger partial charge in [-0.1, -0.05) is 6.07 Å². The third-order valence-corrected chi connectivity index (χ3v) is 2.59. The summed E-state index contributed by atoms with van der Waals surface area (Å²) in [5.74, 6) is -0.0480. The first-order valence-electron chi connectivity index (χ1n) is 4.94. The van der Waals surface area contributed by atoms with Gasteiger partial charge in [0.2, 0.25) is 0 Å². The molecule has 0 atom stereocenters. The van der Waals surface area contributed by atoms with Gasteiger partial charge in [0, 0.05) is 24.1 Å². The van der Waals surface area contributed by atoms with E-state index in [4.69, 9.17) is 0 Å². The van der Waals surface area contributed by atoms with E-state index in [1.54, 1.807) is 13.2 Å². The van der Waals surface area contributed by atoms with Gasteiger partial charge in [-0.3, -0.25) is 4.79 Å². The van der Waals surface area contributed by atoms with E-state index >= 15 is 0 Å². The van der Waals surface area contributed by atoms with Crippen LogP contribution >= 0.6 is 0 Å². The number of nitrogens with one attached hydrogen (secondary N) is 2. The van der Waals surface area contributed by atoms with E-state index in [9.17, 15) is 4.79 Å². The normalized spacial score (nSPS) is 10.6. The molecule has 0 saturated heterocycles. The quantitative estimate of drug-likeness (QED) is 0.731. The molecule has 1 heterocycles. The van der Waals surface area contributed by atoms with Crippen molar-refractivity contribution in [3.05, 3.63) is 35.0 Å². The molecule has 0 aliphatic carbocycles. The maximum atomic E-state index is 11.6. The molecule has 2 aromatic rings. The molecule has 0 unspecified atom stereocenters. The van der Waals surface area contributed by atoms with Gasteiger partial charge in [-0.25, -0.2) is 0 Å². The Labute approximate surface area is 88.5 Å². The topological polar surface area (TPSA) is 44.9 Å². The second-order valence-electron chi connectivity index (χ2n) is 3.79. The Balaban J connectivity index is 2.74. The van der Waals surface area contributed by atoms with Crippen molar-refractivity contribution in [2.45, 2.75) is 13.8 Å². The maximum Gasteiger partial charge on any atom is 0.253 e. The van der Waals surface area contributed by atoms with Crippen LogP contribution in [0, 0.1) is 13.8 Å². The molecule has 0 aliphatic rings. The molecule has 0 aliphatic heterocycles. The maximum absolute atomic E-state index is 11.6. The second kappa shape index (κ2) is 3.42. The molecule has 0 radical (unpaired) electrons. The molecule has 2 rings (SSSR count). The number of H-pyrrole nitrogens is 1. The molecule has 78 valence electrons. The predicted molar refractivity (Wildman–Crippen MR) is 61.2 cm³/mol. The number of hydrogen-bond donors (Lipinski definition) is 2. The number of benzene rings is 1. The van der Waals surface area contributed by atoms with Crippen LogP contribution in [-0.2, 0) is 0 Å². The molecular formula is C12H14N2O. The van der Waals surface area contributed by atoms with Crippen LogP contribution in [0.1, 0.15) is 21.5 Å². The molecule has 0 fully saturated rings. The lowest BCUT2D eigenvalue weighted by molar-refractivity contribution is 0.0964. The highest BCUT2D eigenvalue weighted by Gasteiger charge is 2.12. The van der Waals surface area contributed by atoms with E-state index in [1.807, 2.05) is 13.8 Å². The molecule has 0 spiro atoms. The van der Waals surface area contributed by atoms with Gasteiger partial charge in [-0.2, -0.15) is 0 Å². The van der Waals surface area contributed by atoms with Gasteiger partial charge in [0.1, 0.15) is 0 Å². The minimum Gasteiger partial charge on any atom is -0.360 e. The lowest BCUT2D eigenvalue weighted by Gasteiger charge is -2.02. The van der Waals surface area contributed by atoms with Gasteiger partial charge in [0.25, 0.3) is 5.91 Å². The number of amides is 1. The van der Waals surface area contributed by atoms with Crippen molar-refractivity contribution < 1.29 is 4.79 Å². The van der Waals surface area contributed by atoms with Crippen LogP contribution in [0.5, 0.6) is 0 Å². The van der Waals surface area contributed by atoms with Crippen LogP contribution in [0.4, 0.5) is 0 Å². The van der Waals surface area contributed by atoms with Crippen LogP contribution in [-0.4, -0.2) is 17.9 Å². The van der Waals surface area contributed by atoms with Gasteiger partial charge in [0.05, 0.1) is 5.56 Å². The average molecular weight is 202 g/mol. The van der Waals surface area contributed by atoms with E-state index in [0.29, 0.717) is 5.56 Å². The highest BCUT2D eigenvalue weighted by molar-refractivity contribution is 6.07. The molecule has 0 saturated carbocycles. The smallest absolute Gasteiger partial charge is 0.253 e. The Morgan fingerprint density at radius 1 is 1.33 bits per heavy atom. The summed E-state index contributed by atoms with van der Waals surface area (Å²) >= 11 is 0.